The molecule has 3 N–H and O–H groups in total. The second kappa shape index (κ2) is 6.28. The topological polar surface area (TPSA) is 55.5 Å². The minimum absolute atomic E-state index is 0.240. The molecule has 2 rings (SSSR count). The van der Waals surface area contributed by atoms with Gasteiger partial charge in [-0.2, -0.15) is 11.8 Å². The lowest BCUT2D eigenvalue weighted by atomic mass is 10.1. The maximum atomic E-state index is 9.68. The van der Waals surface area contributed by atoms with Crippen molar-refractivity contribution >= 4 is 11.8 Å². The Labute approximate surface area is 106 Å². The summed E-state index contributed by atoms with van der Waals surface area (Å²) in [7, 11) is 0. The molecule has 94 valence electrons. The smallest absolute Gasteiger partial charge is 0.120 e. The molecule has 0 saturated carbocycles. The molecule has 1 heterocycles. The summed E-state index contributed by atoms with van der Waals surface area (Å²) in [5.74, 6) is 3.19. The molecular formula is C13H19NO2S. The van der Waals surface area contributed by atoms with Crippen LogP contribution in [0.5, 0.6) is 5.75 Å². The van der Waals surface area contributed by atoms with Crippen LogP contribution in [0.3, 0.4) is 0 Å². The van der Waals surface area contributed by atoms with E-state index in [1.807, 2.05) is 36.0 Å². The van der Waals surface area contributed by atoms with E-state index in [9.17, 15) is 5.11 Å². The number of ether oxygens (including phenoxy) is 1. The molecule has 17 heavy (non-hydrogen) atoms. The number of rotatable bonds is 4. The molecule has 4 heteroatoms. The number of aliphatic hydroxyl groups excluding tert-OH is 1. The molecule has 1 aliphatic rings. The van der Waals surface area contributed by atoms with Gasteiger partial charge < -0.3 is 15.6 Å². The largest absolute Gasteiger partial charge is 0.490 e. The third kappa shape index (κ3) is 3.63. The van der Waals surface area contributed by atoms with Gasteiger partial charge in [-0.25, -0.2) is 0 Å². The van der Waals surface area contributed by atoms with Crippen molar-refractivity contribution < 1.29 is 9.84 Å². The van der Waals surface area contributed by atoms with Crippen LogP contribution >= 0.6 is 11.8 Å². The Morgan fingerprint density at radius 2 is 2.18 bits per heavy atom. The Morgan fingerprint density at radius 1 is 1.41 bits per heavy atom. The Hall–Kier alpha value is -0.710. The predicted octanol–water partition coefficient (Wildman–Crippen LogP) is 1.95. The van der Waals surface area contributed by atoms with Crippen LogP contribution in [0, 0.1) is 0 Å². The number of thioether (sulfide) groups is 1. The van der Waals surface area contributed by atoms with E-state index in [1.54, 1.807) is 0 Å². The van der Waals surface area contributed by atoms with Crippen molar-refractivity contribution in [3.05, 3.63) is 29.8 Å². The molecule has 1 saturated heterocycles. The minimum Gasteiger partial charge on any atom is -0.490 e. The summed E-state index contributed by atoms with van der Waals surface area (Å²) in [4.78, 5) is 0. The van der Waals surface area contributed by atoms with Gasteiger partial charge in [-0.05, 0) is 42.0 Å². The zero-order chi connectivity index (χ0) is 12.1. The molecule has 1 unspecified atom stereocenters. The zero-order valence-corrected chi connectivity index (χ0v) is 10.7. The summed E-state index contributed by atoms with van der Waals surface area (Å²) in [5, 5.41) is 9.68. The molecule has 1 aromatic carbocycles. The van der Waals surface area contributed by atoms with Gasteiger partial charge in [0, 0.05) is 6.54 Å². The molecular weight excluding hydrogens is 234 g/mol. The van der Waals surface area contributed by atoms with Crippen molar-refractivity contribution in [2.24, 2.45) is 5.73 Å². The molecule has 0 bridgehead atoms. The van der Waals surface area contributed by atoms with E-state index in [-0.39, 0.29) is 6.54 Å². The van der Waals surface area contributed by atoms with E-state index < -0.39 is 6.10 Å². The van der Waals surface area contributed by atoms with Crippen molar-refractivity contribution in [1.82, 2.24) is 0 Å². The Morgan fingerprint density at radius 3 is 2.88 bits per heavy atom. The molecule has 0 radical (unpaired) electrons. The number of hydrogen-bond acceptors (Lipinski definition) is 4. The average molecular weight is 253 g/mol. The maximum Gasteiger partial charge on any atom is 0.120 e. The fraction of sp³-hybridized carbons (Fsp3) is 0.538. The molecule has 1 aliphatic heterocycles. The van der Waals surface area contributed by atoms with Crippen LogP contribution < -0.4 is 10.5 Å². The quantitative estimate of drug-likeness (QED) is 0.861. The SMILES string of the molecule is NCC(O)c1cccc(OC2CCSCC2)c1. The normalized spacial score (nSPS) is 18.9. The molecule has 0 amide bonds. The molecule has 1 fully saturated rings. The first-order valence-corrected chi connectivity index (χ1v) is 7.17. The summed E-state index contributed by atoms with van der Waals surface area (Å²) in [6, 6.07) is 7.61. The fourth-order valence-electron chi connectivity index (χ4n) is 1.92. The van der Waals surface area contributed by atoms with Gasteiger partial charge in [0.05, 0.1) is 6.10 Å². The van der Waals surface area contributed by atoms with Crippen LogP contribution in [0.1, 0.15) is 24.5 Å². The highest BCUT2D eigenvalue weighted by Gasteiger charge is 2.15. The number of hydrogen-bond donors (Lipinski definition) is 2. The zero-order valence-electron chi connectivity index (χ0n) is 9.84. The van der Waals surface area contributed by atoms with Crippen LogP contribution in [0.4, 0.5) is 0 Å². The molecule has 3 nitrogen and oxygen atoms in total. The number of aliphatic hydroxyl groups is 1. The third-order valence-corrected chi connectivity index (χ3v) is 3.99. The van der Waals surface area contributed by atoms with E-state index >= 15 is 0 Å². The van der Waals surface area contributed by atoms with Crippen LogP contribution in [-0.2, 0) is 0 Å². The summed E-state index contributed by atoms with van der Waals surface area (Å²) < 4.78 is 5.93. The van der Waals surface area contributed by atoms with E-state index in [0.29, 0.717) is 6.10 Å². The van der Waals surface area contributed by atoms with Crippen molar-refractivity contribution in [1.29, 1.82) is 0 Å². The summed E-state index contributed by atoms with van der Waals surface area (Å²) in [6.45, 7) is 0.240. The van der Waals surface area contributed by atoms with Crippen molar-refractivity contribution in [2.75, 3.05) is 18.1 Å². The first-order chi connectivity index (χ1) is 8.29. The van der Waals surface area contributed by atoms with Crippen molar-refractivity contribution in [3.63, 3.8) is 0 Å². The Kier molecular flexibility index (Phi) is 4.71. The Balaban J connectivity index is 2.00. The molecule has 0 spiro atoms. The first-order valence-electron chi connectivity index (χ1n) is 6.02. The first kappa shape index (κ1) is 12.7. The standard InChI is InChI=1S/C13H19NO2S/c14-9-13(15)10-2-1-3-12(8-10)16-11-4-6-17-7-5-11/h1-3,8,11,13,15H,4-7,9,14H2. The lowest BCUT2D eigenvalue weighted by Gasteiger charge is -2.23. The Bertz CT molecular complexity index is 353. The number of nitrogens with two attached hydrogens (primary N) is 1. The van der Waals surface area contributed by atoms with Gasteiger partial charge in [0.15, 0.2) is 0 Å². The highest BCUT2D eigenvalue weighted by molar-refractivity contribution is 7.99. The van der Waals surface area contributed by atoms with Crippen LogP contribution in [0.2, 0.25) is 0 Å². The van der Waals surface area contributed by atoms with E-state index in [1.165, 1.54) is 11.5 Å². The average Bonchev–Trinajstić information content (AvgIpc) is 2.39. The van der Waals surface area contributed by atoms with Crippen LogP contribution in [-0.4, -0.2) is 29.3 Å². The maximum absolute atomic E-state index is 9.68. The lowest BCUT2D eigenvalue weighted by molar-refractivity contribution is 0.180. The monoisotopic (exact) mass is 253 g/mol. The van der Waals surface area contributed by atoms with E-state index in [4.69, 9.17) is 10.5 Å². The van der Waals surface area contributed by atoms with Gasteiger partial charge in [-0.3, -0.25) is 0 Å². The van der Waals surface area contributed by atoms with Gasteiger partial charge >= 0.3 is 0 Å². The second-order valence-corrected chi connectivity index (χ2v) is 5.48. The molecule has 0 aromatic heterocycles. The molecule has 1 atom stereocenters. The summed E-state index contributed by atoms with van der Waals surface area (Å²) in [5.41, 5.74) is 6.27. The van der Waals surface area contributed by atoms with Crippen molar-refractivity contribution in [3.8, 4) is 5.75 Å². The molecule has 1 aromatic rings. The van der Waals surface area contributed by atoms with Gasteiger partial charge in [0.2, 0.25) is 0 Å². The van der Waals surface area contributed by atoms with E-state index in [0.717, 1.165) is 24.2 Å². The van der Waals surface area contributed by atoms with E-state index in [2.05, 4.69) is 0 Å². The number of benzene rings is 1. The summed E-state index contributed by atoms with van der Waals surface area (Å²) in [6.07, 6.45) is 1.94. The summed E-state index contributed by atoms with van der Waals surface area (Å²) >= 11 is 1.98. The predicted molar refractivity (Wildman–Crippen MR) is 71.4 cm³/mol. The fourth-order valence-corrected chi connectivity index (χ4v) is 2.98. The second-order valence-electron chi connectivity index (χ2n) is 4.25. The van der Waals surface area contributed by atoms with Gasteiger partial charge in [0.1, 0.15) is 11.9 Å². The van der Waals surface area contributed by atoms with Crippen LogP contribution in [0.25, 0.3) is 0 Å². The lowest BCUT2D eigenvalue weighted by Crippen LogP contribution is -2.22. The van der Waals surface area contributed by atoms with Gasteiger partial charge in [-0.15, -0.1) is 0 Å². The van der Waals surface area contributed by atoms with Gasteiger partial charge in [0.25, 0.3) is 0 Å². The highest BCUT2D eigenvalue weighted by Crippen LogP contribution is 2.24. The van der Waals surface area contributed by atoms with Crippen LogP contribution in [0.15, 0.2) is 24.3 Å². The third-order valence-electron chi connectivity index (χ3n) is 2.94. The van der Waals surface area contributed by atoms with Crippen molar-refractivity contribution in [2.45, 2.75) is 25.0 Å². The molecule has 0 aliphatic carbocycles. The highest BCUT2D eigenvalue weighted by atomic mass is 32.2. The minimum atomic E-state index is -0.597. The van der Waals surface area contributed by atoms with Gasteiger partial charge in [-0.1, -0.05) is 12.1 Å².